The van der Waals surface area contributed by atoms with Gasteiger partial charge in [0.1, 0.15) is 0 Å². The molecule has 0 N–H and O–H groups in total. The van der Waals surface area contributed by atoms with Gasteiger partial charge in [-0.25, -0.2) is 0 Å². The van der Waals surface area contributed by atoms with Crippen LogP contribution in [0, 0.1) is 0 Å². The highest BCUT2D eigenvalue weighted by Crippen LogP contribution is 2.19. The monoisotopic (exact) mass is 188 g/mol. The molecule has 0 radical (unpaired) electrons. The normalized spacial score (nSPS) is 28.2. The van der Waals surface area contributed by atoms with Crippen molar-refractivity contribution >= 4 is 0 Å². The summed E-state index contributed by atoms with van der Waals surface area (Å²) in [6.45, 7) is 3.74. The zero-order chi connectivity index (χ0) is 9.52. The van der Waals surface area contributed by atoms with Gasteiger partial charge in [-0.3, -0.25) is 0 Å². The van der Waals surface area contributed by atoms with E-state index >= 15 is 0 Å². The molecule has 1 rings (SSSR count). The number of unbranched alkanes of at least 4 members (excludes halogenated alkanes) is 1. The van der Waals surface area contributed by atoms with Crippen LogP contribution < -0.4 is 0 Å². The van der Waals surface area contributed by atoms with Crippen molar-refractivity contribution in [2.45, 2.75) is 45.0 Å². The highest BCUT2D eigenvalue weighted by molar-refractivity contribution is 4.67. The first-order chi connectivity index (χ1) is 6.36. The third-order valence-electron chi connectivity index (χ3n) is 2.28. The molecule has 0 saturated carbocycles. The second-order valence-electron chi connectivity index (χ2n) is 3.43. The molecule has 1 unspecified atom stereocenters. The molecule has 3 heteroatoms. The molecule has 1 fully saturated rings. The smallest absolute Gasteiger partial charge is 0.157 e. The molecular formula is C10H20O3. The molecule has 1 heterocycles. The molecule has 78 valence electrons. The van der Waals surface area contributed by atoms with E-state index in [9.17, 15) is 0 Å². The van der Waals surface area contributed by atoms with Crippen molar-refractivity contribution < 1.29 is 14.2 Å². The van der Waals surface area contributed by atoms with E-state index in [2.05, 4.69) is 6.92 Å². The van der Waals surface area contributed by atoms with Crippen LogP contribution in [0.15, 0.2) is 0 Å². The number of hydrogen-bond acceptors (Lipinski definition) is 3. The zero-order valence-corrected chi connectivity index (χ0v) is 8.62. The topological polar surface area (TPSA) is 27.7 Å². The van der Waals surface area contributed by atoms with Gasteiger partial charge in [0.15, 0.2) is 6.29 Å². The maximum atomic E-state index is 5.54. The van der Waals surface area contributed by atoms with E-state index in [0.29, 0.717) is 0 Å². The number of hydrogen-bond donors (Lipinski definition) is 0. The molecule has 3 nitrogen and oxygen atoms in total. The zero-order valence-electron chi connectivity index (χ0n) is 8.62. The Morgan fingerprint density at radius 3 is 2.85 bits per heavy atom. The lowest BCUT2D eigenvalue weighted by Crippen LogP contribution is -2.18. The summed E-state index contributed by atoms with van der Waals surface area (Å²) in [6, 6.07) is 0. The predicted octanol–water partition coefficient (Wildman–Crippen LogP) is 1.95. The van der Waals surface area contributed by atoms with E-state index in [4.69, 9.17) is 14.2 Å². The van der Waals surface area contributed by atoms with Gasteiger partial charge in [-0.05, 0) is 12.8 Å². The Bertz CT molecular complexity index is 127. The fourth-order valence-corrected chi connectivity index (χ4v) is 1.43. The molecule has 1 aliphatic heterocycles. The summed E-state index contributed by atoms with van der Waals surface area (Å²) in [4.78, 5) is 0. The average Bonchev–Trinajstić information content (AvgIpc) is 2.60. The van der Waals surface area contributed by atoms with Crippen molar-refractivity contribution in [2.24, 2.45) is 0 Å². The van der Waals surface area contributed by atoms with Crippen LogP contribution in [0.4, 0.5) is 0 Å². The minimum Gasteiger partial charge on any atom is -0.379 e. The van der Waals surface area contributed by atoms with E-state index in [1.165, 1.54) is 6.42 Å². The minimum atomic E-state index is -0.000208. The predicted molar refractivity (Wildman–Crippen MR) is 50.6 cm³/mol. The van der Waals surface area contributed by atoms with E-state index in [1.54, 1.807) is 7.11 Å². The van der Waals surface area contributed by atoms with Gasteiger partial charge in [-0.15, -0.1) is 0 Å². The maximum Gasteiger partial charge on any atom is 0.157 e. The minimum absolute atomic E-state index is 0.000208. The standard InChI is InChI=1S/C10H20O3/c1-3-4-7-12-8-9-5-6-10(11-2)13-9/h9-10H,3-8H2,1-2H3/t9-,10?/m0/s1. The van der Waals surface area contributed by atoms with E-state index in [0.717, 1.165) is 32.5 Å². The molecule has 0 amide bonds. The van der Waals surface area contributed by atoms with Crippen LogP contribution in [-0.2, 0) is 14.2 Å². The Labute approximate surface area is 80.4 Å². The quantitative estimate of drug-likeness (QED) is 0.596. The molecule has 13 heavy (non-hydrogen) atoms. The van der Waals surface area contributed by atoms with Crippen LogP contribution in [0.1, 0.15) is 32.6 Å². The largest absolute Gasteiger partial charge is 0.379 e. The van der Waals surface area contributed by atoms with Gasteiger partial charge in [0.2, 0.25) is 0 Å². The Balaban J connectivity index is 1.97. The second-order valence-corrected chi connectivity index (χ2v) is 3.43. The van der Waals surface area contributed by atoms with Crippen LogP contribution in [0.5, 0.6) is 0 Å². The van der Waals surface area contributed by atoms with Crippen LogP contribution in [0.25, 0.3) is 0 Å². The van der Waals surface area contributed by atoms with E-state index in [1.807, 2.05) is 0 Å². The Morgan fingerprint density at radius 2 is 2.23 bits per heavy atom. The first kappa shape index (κ1) is 11.0. The van der Waals surface area contributed by atoms with Gasteiger partial charge in [0.25, 0.3) is 0 Å². The summed E-state index contributed by atoms with van der Waals surface area (Å²) in [7, 11) is 1.69. The molecule has 2 atom stereocenters. The molecule has 0 aromatic carbocycles. The van der Waals surface area contributed by atoms with Gasteiger partial charge in [-0.1, -0.05) is 13.3 Å². The van der Waals surface area contributed by atoms with Crippen molar-refractivity contribution in [3.63, 3.8) is 0 Å². The van der Waals surface area contributed by atoms with Gasteiger partial charge in [-0.2, -0.15) is 0 Å². The highest BCUT2D eigenvalue weighted by Gasteiger charge is 2.24. The summed E-state index contributed by atoms with van der Waals surface area (Å²) >= 11 is 0. The van der Waals surface area contributed by atoms with E-state index < -0.39 is 0 Å². The van der Waals surface area contributed by atoms with Gasteiger partial charge in [0.05, 0.1) is 12.7 Å². The Morgan fingerprint density at radius 1 is 1.38 bits per heavy atom. The molecule has 1 aliphatic rings. The number of ether oxygens (including phenoxy) is 3. The fourth-order valence-electron chi connectivity index (χ4n) is 1.43. The summed E-state index contributed by atoms with van der Waals surface area (Å²) in [5.41, 5.74) is 0. The SMILES string of the molecule is CCCCOC[C@@H]1CCC(OC)O1. The highest BCUT2D eigenvalue weighted by atomic mass is 16.7. The molecule has 0 aromatic rings. The first-order valence-corrected chi connectivity index (χ1v) is 5.12. The lowest BCUT2D eigenvalue weighted by atomic mass is 10.2. The van der Waals surface area contributed by atoms with Gasteiger partial charge >= 0.3 is 0 Å². The fraction of sp³-hybridized carbons (Fsp3) is 1.00. The second kappa shape index (κ2) is 6.35. The summed E-state index contributed by atoms with van der Waals surface area (Å²) in [5.74, 6) is 0. The van der Waals surface area contributed by atoms with E-state index in [-0.39, 0.29) is 12.4 Å². The van der Waals surface area contributed by atoms with Crippen molar-refractivity contribution in [3.8, 4) is 0 Å². The molecule has 1 saturated heterocycles. The third kappa shape index (κ3) is 4.07. The van der Waals surface area contributed by atoms with Crippen LogP contribution in [0.3, 0.4) is 0 Å². The van der Waals surface area contributed by atoms with Gasteiger partial charge in [0, 0.05) is 20.1 Å². The van der Waals surface area contributed by atoms with Crippen molar-refractivity contribution in [2.75, 3.05) is 20.3 Å². The average molecular weight is 188 g/mol. The third-order valence-corrected chi connectivity index (χ3v) is 2.28. The van der Waals surface area contributed by atoms with Crippen LogP contribution >= 0.6 is 0 Å². The lowest BCUT2D eigenvalue weighted by Gasteiger charge is -2.12. The molecule has 0 bridgehead atoms. The maximum absolute atomic E-state index is 5.54. The van der Waals surface area contributed by atoms with Gasteiger partial charge < -0.3 is 14.2 Å². The first-order valence-electron chi connectivity index (χ1n) is 5.12. The molecule has 0 aromatic heterocycles. The number of rotatable bonds is 6. The van der Waals surface area contributed by atoms with Crippen molar-refractivity contribution in [3.05, 3.63) is 0 Å². The van der Waals surface area contributed by atoms with Crippen LogP contribution in [-0.4, -0.2) is 32.7 Å². The molecule has 0 spiro atoms. The summed E-state index contributed by atoms with van der Waals surface area (Å²) in [5, 5.41) is 0. The summed E-state index contributed by atoms with van der Waals surface area (Å²) < 4.78 is 16.1. The molecular weight excluding hydrogens is 168 g/mol. The lowest BCUT2D eigenvalue weighted by molar-refractivity contribution is -0.128. The van der Waals surface area contributed by atoms with Crippen molar-refractivity contribution in [1.82, 2.24) is 0 Å². The van der Waals surface area contributed by atoms with Crippen molar-refractivity contribution in [1.29, 1.82) is 0 Å². The Kier molecular flexibility index (Phi) is 5.35. The Hall–Kier alpha value is -0.120. The van der Waals surface area contributed by atoms with Crippen LogP contribution in [0.2, 0.25) is 0 Å². The number of methoxy groups -OCH3 is 1. The molecule has 0 aliphatic carbocycles. The summed E-state index contributed by atoms with van der Waals surface area (Å²) in [6.07, 6.45) is 4.64.